The van der Waals surface area contributed by atoms with Crippen molar-refractivity contribution in [2.75, 3.05) is 24.5 Å². The number of anilines is 1. The van der Waals surface area contributed by atoms with Gasteiger partial charge in [-0.2, -0.15) is 0 Å². The van der Waals surface area contributed by atoms with Crippen LogP contribution < -0.4 is 10.2 Å². The molecule has 164 valence electrons. The van der Waals surface area contributed by atoms with Gasteiger partial charge >= 0.3 is 0 Å². The van der Waals surface area contributed by atoms with Gasteiger partial charge in [-0.25, -0.2) is 0 Å². The first-order valence-corrected chi connectivity index (χ1v) is 11.3. The van der Waals surface area contributed by atoms with Crippen LogP contribution in [0.5, 0.6) is 0 Å². The number of halogens is 1. The molecule has 0 bridgehead atoms. The zero-order valence-electron chi connectivity index (χ0n) is 17.0. The van der Waals surface area contributed by atoms with E-state index >= 15 is 0 Å². The van der Waals surface area contributed by atoms with Gasteiger partial charge in [-0.1, -0.05) is 41.9 Å². The summed E-state index contributed by atoms with van der Waals surface area (Å²) >= 11 is 6.96. The Labute approximate surface area is 194 Å². The molecule has 2 heterocycles. The number of benzene rings is 2. The zero-order valence-corrected chi connectivity index (χ0v) is 18.6. The van der Waals surface area contributed by atoms with Crippen LogP contribution in [-0.2, 0) is 9.59 Å². The molecule has 2 aliphatic rings. The maximum atomic E-state index is 12.8. The monoisotopic (exact) mass is 469 g/mol. The molecule has 4 amide bonds. The molecule has 2 aromatic rings. The van der Waals surface area contributed by atoms with E-state index in [1.165, 1.54) is 0 Å². The van der Waals surface area contributed by atoms with Crippen molar-refractivity contribution in [3.8, 4) is 0 Å². The van der Waals surface area contributed by atoms with Crippen molar-refractivity contribution < 1.29 is 19.2 Å². The predicted molar refractivity (Wildman–Crippen MR) is 124 cm³/mol. The van der Waals surface area contributed by atoms with E-state index in [2.05, 4.69) is 5.32 Å². The highest BCUT2D eigenvalue weighted by Crippen LogP contribution is 2.32. The molecule has 2 fully saturated rings. The molecule has 4 rings (SSSR count). The maximum Gasteiger partial charge on any atom is 0.293 e. The third kappa shape index (κ3) is 4.71. The number of thioether (sulfide) groups is 1. The standard InChI is InChI=1S/C23H20ClN3O4S/c24-16-8-9-17(18(14-16)26-11-4-7-20(26)28)21(29)25-10-12-27-22(30)19(32-23(27)31)13-15-5-2-1-3-6-15/h1-3,5-6,8-9,13-14H,4,7,10-12H2,(H,25,29)/b19-13-. The Hall–Kier alpha value is -3.10. The summed E-state index contributed by atoms with van der Waals surface area (Å²) in [6, 6.07) is 14.0. The second-order valence-corrected chi connectivity index (χ2v) is 8.74. The molecule has 0 atom stereocenters. The maximum absolute atomic E-state index is 12.8. The summed E-state index contributed by atoms with van der Waals surface area (Å²) in [7, 11) is 0. The summed E-state index contributed by atoms with van der Waals surface area (Å²) in [5.74, 6) is -0.833. The van der Waals surface area contributed by atoms with Gasteiger partial charge in [0.1, 0.15) is 0 Å². The first kappa shape index (κ1) is 22.1. The molecule has 2 saturated heterocycles. The van der Waals surface area contributed by atoms with Gasteiger partial charge in [-0.15, -0.1) is 0 Å². The number of nitrogens with zero attached hydrogens (tertiary/aromatic N) is 2. The van der Waals surface area contributed by atoms with Crippen LogP contribution in [0.1, 0.15) is 28.8 Å². The van der Waals surface area contributed by atoms with Crippen LogP contribution in [0.25, 0.3) is 6.08 Å². The van der Waals surface area contributed by atoms with Crippen molar-refractivity contribution >= 4 is 58.1 Å². The third-order valence-electron chi connectivity index (χ3n) is 5.16. The van der Waals surface area contributed by atoms with Crippen molar-refractivity contribution in [3.05, 3.63) is 69.6 Å². The minimum absolute atomic E-state index is 0.0497. The Kier molecular flexibility index (Phi) is 6.62. The molecule has 0 aliphatic carbocycles. The predicted octanol–water partition coefficient (Wildman–Crippen LogP) is 3.93. The lowest BCUT2D eigenvalue weighted by molar-refractivity contribution is -0.122. The summed E-state index contributed by atoms with van der Waals surface area (Å²) in [4.78, 5) is 52.9. The van der Waals surface area contributed by atoms with E-state index in [0.29, 0.717) is 34.1 Å². The van der Waals surface area contributed by atoms with E-state index in [9.17, 15) is 19.2 Å². The summed E-state index contributed by atoms with van der Waals surface area (Å²) in [6.45, 7) is 0.670. The normalized spacial score (nSPS) is 17.5. The van der Waals surface area contributed by atoms with Gasteiger partial charge in [0.15, 0.2) is 0 Å². The van der Waals surface area contributed by atoms with Gasteiger partial charge in [-0.3, -0.25) is 24.1 Å². The van der Waals surface area contributed by atoms with Gasteiger partial charge < -0.3 is 10.2 Å². The van der Waals surface area contributed by atoms with Gasteiger partial charge in [0.05, 0.1) is 16.2 Å². The number of carbonyl (C=O) groups excluding carboxylic acids is 4. The van der Waals surface area contributed by atoms with Crippen molar-refractivity contribution in [1.82, 2.24) is 10.2 Å². The molecule has 32 heavy (non-hydrogen) atoms. The first-order chi connectivity index (χ1) is 15.4. The lowest BCUT2D eigenvalue weighted by Gasteiger charge is -2.20. The number of rotatable bonds is 6. The quantitative estimate of drug-likeness (QED) is 0.648. The number of nitrogens with one attached hydrogen (secondary N) is 1. The fraction of sp³-hybridized carbons (Fsp3) is 0.217. The van der Waals surface area contributed by atoms with E-state index < -0.39 is 5.91 Å². The Bertz CT molecular complexity index is 1120. The lowest BCUT2D eigenvalue weighted by Crippen LogP contribution is -2.38. The Balaban J connectivity index is 1.40. The van der Waals surface area contributed by atoms with E-state index in [-0.39, 0.29) is 30.1 Å². The molecule has 0 aromatic heterocycles. The number of imide groups is 1. The van der Waals surface area contributed by atoms with Crippen LogP contribution in [0.2, 0.25) is 5.02 Å². The SMILES string of the molecule is O=C(NCCN1C(=O)S/C(=C\c2ccccc2)C1=O)c1ccc(Cl)cc1N1CCCC1=O. The minimum atomic E-state index is -0.400. The van der Waals surface area contributed by atoms with E-state index in [0.717, 1.165) is 28.6 Å². The van der Waals surface area contributed by atoms with Gasteiger partial charge in [-0.05, 0) is 48.0 Å². The van der Waals surface area contributed by atoms with Crippen LogP contribution in [0, 0.1) is 0 Å². The number of amides is 4. The molecule has 0 unspecified atom stereocenters. The first-order valence-electron chi connectivity index (χ1n) is 10.1. The highest BCUT2D eigenvalue weighted by molar-refractivity contribution is 8.18. The van der Waals surface area contributed by atoms with Crippen molar-refractivity contribution in [3.63, 3.8) is 0 Å². The molecular formula is C23H20ClN3O4S. The van der Waals surface area contributed by atoms with Crippen LogP contribution in [0.4, 0.5) is 10.5 Å². The Morgan fingerprint density at radius 2 is 1.91 bits per heavy atom. The van der Waals surface area contributed by atoms with Crippen molar-refractivity contribution in [2.45, 2.75) is 12.8 Å². The second-order valence-electron chi connectivity index (χ2n) is 7.31. The lowest BCUT2D eigenvalue weighted by atomic mass is 10.1. The highest BCUT2D eigenvalue weighted by Gasteiger charge is 2.34. The average molecular weight is 470 g/mol. The number of hydrogen-bond acceptors (Lipinski definition) is 5. The van der Waals surface area contributed by atoms with Crippen LogP contribution in [-0.4, -0.2) is 47.5 Å². The largest absolute Gasteiger partial charge is 0.350 e. The topological polar surface area (TPSA) is 86.8 Å². The summed E-state index contributed by atoms with van der Waals surface area (Å²) in [5.41, 5.74) is 1.62. The van der Waals surface area contributed by atoms with Gasteiger partial charge in [0.2, 0.25) is 5.91 Å². The number of carbonyl (C=O) groups is 4. The van der Waals surface area contributed by atoms with Crippen LogP contribution >= 0.6 is 23.4 Å². The molecule has 0 spiro atoms. The van der Waals surface area contributed by atoms with Gasteiger partial charge in [0, 0.05) is 31.1 Å². The third-order valence-corrected chi connectivity index (χ3v) is 6.30. The minimum Gasteiger partial charge on any atom is -0.350 e. The number of hydrogen-bond donors (Lipinski definition) is 1. The summed E-state index contributed by atoms with van der Waals surface area (Å²) < 4.78 is 0. The van der Waals surface area contributed by atoms with E-state index in [1.54, 1.807) is 29.2 Å². The smallest absolute Gasteiger partial charge is 0.293 e. The fourth-order valence-electron chi connectivity index (χ4n) is 3.59. The fourth-order valence-corrected chi connectivity index (χ4v) is 4.62. The summed E-state index contributed by atoms with van der Waals surface area (Å²) in [5, 5.41) is 2.79. The van der Waals surface area contributed by atoms with E-state index in [4.69, 9.17) is 11.6 Å². The molecule has 1 N–H and O–H groups in total. The van der Waals surface area contributed by atoms with Crippen LogP contribution in [0.3, 0.4) is 0 Å². The summed E-state index contributed by atoms with van der Waals surface area (Å²) in [6.07, 6.45) is 2.84. The molecule has 2 aromatic carbocycles. The molecule has 0 saturated carbocycles. The molecular weight excluding hydrogens is 450 g/mol. The van der Waals surface area contributed by atoms with Gasteiger partial charge in [0.25, 0.3) is 17.1 Å². The Morgan fingerprint density at radius 1 is 1.12 bits per heavy atom. The highest BCUT2D eigenvalue weighted by atomic mass is 35.5. The van der Waals surface area contributed by atoms with Crippen LogP contribution in [0.15, 0.2) is 53.4 Å². The second kappa shape index (κ2) is 9.58. The molecule has 7 nitrogen and oxygen atoms in total. The molecule has 0 radical (unpaired) electrons. The molecule has 2 aliphatic heterocycles. The van der Waals surface area contributed by atoms with Crippen molar-refractivity contribution in [2.24, 2.45) is 0 Å². The Morgan fingerprint density at radius 3 is 2.62 bits per heavy atom. The molecule has 9 heteroatoms. The van der Waals surface area contributed by atoms with Crippen molar-refractivity contribution in [1.29, 1.82) is 0 Å². The average Bonchev–Trinajstić information content (AvgIpc) is 3.32. The zero-order chi connectivity index (χ0) is 22.7. The van der Waals surface area contributed by atoms with E-state index in [1.807, 2.05) is 30.3 Å².